The van der Waals surface area contributed by atoms with Crippen molar-refractivity contribution < 1.29 is 5.11 Å². The molecule has 2 heteroatoms. The SMILES string of the molecule is Cc1cc2c(C(C)O)cccc2[nH]1. The van der Waals surface area contributed by atoms with Gasteiger partial charge in [0.2, 0.25) is 0 Å². The molecule has 0 bridgehead atoms. The van der Waals surface area contributed by atoms with Gasteiger partial charge in [-0.25, -0.2) is 0 Å². The van der Waals surface area contributed by atoms with Crippen molar-refractivity contribution in [1.82, 2.24) is 4.98 Å². The topological polar surface area (TPSA) is 36.0 Å². The van der Waals surface area contributed by atoms with Gasteiger partial charge in [-0.3, -0.25) is 0 Å². The second-order valence-electron chi connectivity index (χ2n) is 3.44. The number of H-pyrrole nitrogens is 1. The zero-order valence-corrected chi connectivity index (χ0v) is 7.83. The normalized spacial score (nSPS) is 13.5. The van der Waals surface area contributed by atoms with Crippen LogP contribution in [0.5, 0.6) is 0 Å². The third kappa shape index (κ3) is 1.33. The van der Waals surface area contributed by atoms with E-state index >= 15 is 0 Å². The van der Waals surface area contributed by atoms with E-state index in [1.807, 2.05) is 25.1 Å². The lowest BCUT2D eigenvalue weighted by atomic mass is 10.1. The minimum Gasteiger partial charge on any atom is -0.389 e. The predicted octanol–water partition coefficient (Wildman–Crippen LogP) is 2.53. The van der Waals surface area contributed by atoms with Crippen molar-refractivity contribution in [2.24, 2.45) is 0 Å². The van der Waals surface area contributed by atoms with E-state index in [2.05, 4.69) is 11.1 Å². The lowest BCUT2D eigenvalue weighted by molar-refractivity contribution is 0.201. The summed E-state index contributed by atoms with van der Waals surface area (Å²) in [5.74, 6) is 0. The first-order valence-corrected chi connectivity index (χ1v) is 4.45. The van der Waals surface area contributed by atoms with Gasteiger partial charge in [0.15, 0.2) is 0 Å². The van der Waals surface area contributed by atoms with E-state index in [-0.39, 0.29) is 0 Å². The number of aromatic amines is 1. The summed E-state index contributed by atoms with van der Waals surface area (Å²) in [4.78, 5) is 3.24. The van der Waals surface area contributed by atoms with E-state index in [0.717, 1.165) is 22.2 Å². The predicted molar refractivity (Wildman–Crippen MR) is 53.7 cm³/mol. The fourth-order valence-electron chi connectivity index (χ4n) is 1.68. The van der Waals surface area contributed by atoms with E-state index in [0.29, 0.717) is 0 Å². The zero-order valence-electron chi connectivity index (χ0n) is 7.83. The van der Waals surface area contributed by atoms with Crippen molar-refractivity contribution in [3.63, 3.8) is 0 Å². The van der Waals surface area contributed by atoms with E-state index in [4.69, 9.17) is 0 Å². The van der Waals surface area contributed by atoms with E-state index in [1.165, 1.54) is 0 Å². The molecule has 1 atom stereocenters. The van der Waals surface area contributed by atoms with Crippen LogP contribution in [-0.2, 0) is 0 Å². The molecule has 2 rings (SSSR count). The largest absolute Gasteiger partial charge is 0.389 e. The number of fused-ring (bicyclic) bond motifs is 1. The van der Waals surface area contributed by atoms with E-state index in [9.17, 15) is 5.11 Å². The van der Waals surface area contributed by atoms with Crippen LogP contribution in [0, 0.1) is 6.92 Å². The summed E-state index contributed by atoms with van der Waals surface area (Å²) < 4.78 is 0. The first-order valence-electron chi connectivity index (χ1n) is 4.45. The molecule has 2 nitrogen and oxygen atoms in total. The van der Waals surface area contributed by atoms with Crippen molar-refractivity contribution in [2.75, 3.05) is 0 Å². The Hall–Kier alpha value is -1.28. The quantitative estimate of drug-likeness (QED) is 0.686. The maximum absolute atomic E-state index is 9.52. The second-order valence-corrected chi connectivity index (χ2v) is 3.44. The summed E-state index contributed by atoms with van der Waals surface area (Å²) in [6.45, 7) is 3.81. The molecule has 1 aromatic carbocycles. The first kappa shape index (κ1) is 8.32. The molecule has 2 aromatic rings. The van der Waals surface area contributed by atoms with Crippen molar-refractivity contribution in [3.05, 3.63) is 35.5 Å². The van der Waals surface area contributed by atoms with Gasteiger partial charge in [-0.15, -0.1) is 0 Å². The molecule has 0 radical (unpaired) electrons. The lowest BCUT2D eigenvalue weighted by Crippen LogP contribution is -1.90. The van der Waals surface area contributed by atoms with Gasteiger partial charge < -0.3 is 10.1 Å². The Morgan fingerprint density at radius 2 is 2.15 bits per heavy atom. The molecule has 0 aliphatic rings. The Kier molecular flexibility index (Phi) is 1.85. The lowest BCUT2D eigenvalue weighted by Gasteiger charge is -2.04. The average Bonchev–Trinajstić information content (AvgIpc) is 2.43. The van der Waals surface area contributed by atoms with Crippen LogP contribution in [-0.4, -0.2) is 10.1 Å². The van der Waals surface area contributed by atoms with Crippen LogP contribution in [0.1, 0.15) is 24.3 Å². The molecular weight excluding hydrogens is 162 g/mol. The maximum Gasteiger partial charge on any atom is 0.0768 e. The Labute approximate surface area is 77.2 Å². The Morgan fingerprint density at radius 3 is 2.85 bits per heavy atom. The highest BCUT2D eigenvalue weighted by molar-refractivity contribution is 5.84. The van der Waals surface area contributed by atoms with Crippen molar-refractivity contribution in [3.8, 4) is 0 Å². The van der Waals surface area contributed by atoms with Crippen LogP contribution in [0.3, 0.4) is 0 Å². The van der Waals surface area contributed by atoms with E-state index < -0.39 is 6.10 Å². The van der Waals surface area contributed by atoms with Crippen LogP contribution >= 0.6 is 0 Å². The summed E-state index contributed by atoms with van der Waals surface area (Å²) in [7, 11) is 0. The Balaban J connectivity index is 2.75. The van der Waals surface area contributed by atoms with Crippen LogP contribution < -0.4 is 0 Å². The smallest absolute Gasteiger partial charge is 0.0768 e. The van der Waals surface area contributed by atoms with Gasteiger partial charge in [-0.05, 0) is 31.5 Å². The van der Waals surface area contributed by atoms with Gasteiger partial charge in [0.05, 0.1) is 6.10 Å². The summed E-state index contributed by atoms with van der Waals surface area (Å²) in [6, 6.07) is 8.01. The Morgan fingerprint density at radius 1 is 1.38 bits per heavy atom. The number of aliphatic hydroxyl groups is 1. The highest BCUT2D eigenvalue weighted by Crippen LogP contribution is 2.24. The van der Waals surface area contributed by atoms with Gasteiger partial charge in [0.1, 0.15) is 0 Å². The number of hydrogen-bond donors (Lipinski definition) is 2. The molecule has 0 aliphatic carbocycles. The molecule has 1 unspecified atom stereocenters. The van der Waals surface area contributed by atoms with Gasteiger partial charge in [0.25, 0.3) is 0 Å². The molecule has 2 N–H and O–H groups in total. The number of nitrogens with one attached hydrogen (secondary N) is 1. The van der Waals surface area contributed by atoms with Crippen molar-refractivity contribution in [2.45, 2.75) is 20.0 Å². The summed E-state index contributed by atoms with van der Waals surface area (Å²) in [6.07, 6.45) is -0.404. The summed E-state index contributed by atoms with van der Waals surface area (Å²) in [5, 5.41) is 10.6. The molecule has 0 aliphatic heterocycles. The highest BCUT2D eigenvalue weighted by atomic mass is 16.3. The number of aryl methyl sites for hydroxylation is 1. The van der Waals surface area contributed by atoms with Gasteiger partial charge in [-0.2, -0.15) is 0 Å². The molecule has 0 saturated heterocycles. The van der Waals surface area contributed by atoms with Crippen LogP contribution in [0.2, 0.25) is 0 Å². The molecule has 0 fully saturated rings. The minimum absolute atomic E-state index is 0.404. The standard InChI is InChI=1S/C11H13NO/c1-7-6-10-9(8(2)13)4-3-5-11(10)12-7/h3-6,8,12-13H,1-2H3. The average molecular weight is 175 g/mol. The summed E-state index contributed by atoms with van der Waals surface area (Å²) in [5.41, 5.74) is 3.21. The second kappa shape index (κ2) is 2.89. The maximum atomic E-state index is 9.52. The molecule has 0 saturated carbocycles. The van der Waals surface area contributed by atoms with Crippen LogP contribution in [0.25, 0.3) is 10.9 Å². The third-order valence-electron chi connectivity index (χ3n) is 2.28. The third-order valence-corrected chi connectivity index (χ3v) is 2.28. The van der Waals surface area contributed by atoms with Gasteiger partial charge in [-0.1, -0.05) is 12.1 Å². The molecular formula is C11H13NO. The number of aromatic nitrogens is 1. The zero-order chi connectivity index (χ0) is 9.42. The van der Waals surface area contributed by atoms with Gasteiger partial charge >= 0.3 is 0 Å². The molecule has 1 aromatic heterocycles. The fraction of sp³-hybridized carbons (Fsp3) is 0.273. The van der Waals surface area contributed by atoms with Crippen molar-refractivity contribution in [1.29, 1.82) is 0 Å². The van der Waals surface area contributed by atoms with E-state index in [1.54, 1.807) is 6.92 Å². The molecule has 13 heavy (non-hydrogen) atoms. The molecule has 0 amide bonds. The molecule has 1 heterocycles. The monoisotopic (exact) mass is 175 g/mol. The van der Waals surface area contributed by atoms with Crippen molar-refractivity contribution >= 4 is 10.9 Å². The summed E-state index contributed by atoms with van der Waals surface area (Å²) >= 11 is 0. The van der Waals surface area contributed by atoms with Crippen LogP contribution in [0.4, 0.5) is 0 Å². The Bertz CT molecular complexity index is 429. The van der Waals surface area contributed by atoms with Gasteiger partial charge in [0, 0.05) is 16.6 Å². The van der Waals surface area contributed by atoms with Crippen LogP contribution in [0.15, 0.2) is 24.3 Å². The number of hydrogen-bond acceptors (Lipinski definition) is 1. The number of rotatable bonds is 1. The highest BCUT2D eigenvalue weighted by Gasteiger charge is 2.06. The fourth-order valence-corrected chi connectivity index (χ4v) is 1.68. The minimum atomic E-state index is -0.404. The number of aliphatic hydroxyl groups excluding tert-OH is 1. The number of benzene rings is 1. The first-order chi connectivity index (χ1) is 6.18. The molecule has 68 valence electrons. The molecule has 0 spiro atoms.